The lowest BCUT2D eigenvalue weighted by Gasteiger charge is -2.45. The van der Waals surface area contributed by atoms with Crippen molar-refractivity contribution >= 4 is 11.0 Å². The fourth-order valence-corrected chi connectivity index (χ4v) is 7.07. The molecule has 1 aliphatic rings. The van der Waals surface area contributed by atoms with Crippen LogP contribution in [0.15, 0.2) is 179 Å². The van der Waals surface area contributed by atoms with E-state index >= 15 is 0 Å². The zero-order valence-corrected chi connectivity index (χ0v) is 32.9. The molecule has 2 heterocycles. The monoisotopic (exact) mass is 806 g/mol. The van der Waals surface area contributed by atoms with Crippen LogP contribution in [0.2, 0.25) is 0 Å². The molecule has 0 aliphatic carbocycles. The Morgan fingerprint density at radius 2 is 0.983 bits per heavy atom. The van der Waals surface area contributed by atoms with Gasteiger partial charge in [0.05, 0.1) is 38.4 Å². The smallest absolute Gasteiger partial charge is 0.382 e. The SMILES string of the molecule is O=c1oc2cc(O[C@@H]3O[C@H](COCc4ccccc4)[C@H](OCc4ccccc4)[C@H](OCc4ccccc4)[C@H]3OCc3ccccc3)ccc2c(OCc2ccccc2)c1O. The zero-order valence-electron chi connectivity index (χ0n) is 32.9. The van der Waals surface area contributed by atoms with Crippen molar-refractivity contribution in [3.63, 3.8) is 0 Å². The summed E-state index contributed by atoms with van der Waals surface area (Å²) in [5.74, 6) is -0.286. The van der Waals surface area contributed by atoms with Crippen molar-refractivity contribution in [3.05, 3.63) is 208 Å². The molecule has 0 saturated carbocycles. The van der Waals surface area contributed by atoms with Gasteiger partial charge in [0, 0.05) is 6.07 Å². The second-order valence-corrected chi connectivity index (χ2v) is 14.4. The summed E-state index contributed by atoms with van der Waals surface area (Å²) in [6, 6.07) is 54.0. The van der Waals surface area contributed by atoms with Crippen molar-refractivity contribution in [2.45, 2.75) is 63.7 Å². The Kier molecular flexibility index (Phi) is 13.6. The summed E-state index contributed by atoms with van der Waals surface area (Å²) in [6.45, 7) is 1.42. The van der Waals surface area contributed by atoms with Crippen molar-refractivity contribution in [3.8, 4) is 17.2 Å². The van der Waals surface area contributed by atoms with Gasteiger partial charge < -0.3 is 42.7 Å². The average molecular weight is 807 g/mol. The number of hydrogen-bond acceptors (Lipinski definition) is 10. The van der Waals surface area contributed by atoms with Crippen LogP contribution in [-0.4, -0.2) is 42.4 Å². The summed E-state index contributed by atoms with van der Waals surface area (Å²) in [5, 5.41) is 11.1. The van der Waals surface area contributed by atoms with Gasteiger partial charge in [-0.25, -0.2) is 4.79 Å². The van der Waals surface area contributed by atoms with E-state index < -0.39 is 42.1 Å². The maximum Gasteiger partial charge on any atom is 0.382 e. The summed E-state index contributed by atoms with van der Waals surface area (Å²) >= 11 is 0. The Morgan fingerprint density at radius 1 is 0.517 bits per heavy atom. The van der Waals surface area contributed by atoms with Gasteiger partial charge in [0.15, 0.2) is 5.75 Å². The normalized spacial score (nSPS) is 18.9. The number of aromatic hydroxyl groups is 1. The molecular weight excluding hydrogens is 761 g/mol. The highest BCUT2D eigenvalue weighted by molar-refractivity contribution is 5.86. The van der Waals surface area contributed by atoms with E-state index in [0.29, 0.717) is 17.7 Å². The Labute approximate surface area is 348 Å². The molecule has 0 spiro atoms. The number of hydrogen-bond donors (Lipinski definition) is 1. The van der Waals surface area contributed by atoms with E-state index in [1.165, 1.54) is 0 Å². The molecule has 1 saturated heterocycles. The van der Waals surface area contributed by atoms with E-state index in [9.17, 15) is 9.90 Å². The van der Waals surface area contributed by atoms with Gasteiger partial charge in [-0.1, -0.05) is 152 Å². The fraction of sp³-hybridized carbons (Fsp3) is 0.220. The molecule has 1 N–H and O–H groups in total. The Balaban J connectivity index is 1.13. The standard InChI is InChI=1S/C50H46O10/c51-44-45(54-30-36-18-8-2-9-19-36)41-27-26-40(28-42(41)59-49(44)52)58-50-48(57-33-39-24-14-5-15-25-39)47(56-32-38-22-12-4-13-23-38)46(55-31-37-20-10-3-11-21-37)43(60-50)34-53-29-35-16-6-1-7-17-35/h1-28,43,46-48,50-51H,29-34H2/t43-,46+,47+,48-,50-/m1/s1. The van der Waals surface area contributed by atoms with E-state index in [0.717, 1.165) is 27.8 Å². The molecule has 10 nitrogen and oxygen atoms in total. The molecular formula is C50H46O10. The van der Waals surface area contributed by atoms with Gasteiger partial charge in [-0.15, -0.1) is 0 Å². The minimum Gasteiger partial charge on any atom is -0.499 e. The average Bonchev–Trinajstić information content (AvgIpc) is 3.29. The molecule has 0 amide bonds. The highest BCUT2D eigenvalue weighted by Gasteiger charge is 2.50. The molecule has 1 aliphatic heterocycles. The van der Waals surface area contributed by atoms with E-state index in [-0.39, 0.29) is 44.4 Å². The van der Waals surface area contributed by atoms with E-state index in [1.807, 2.05) is 152 Å². The molecule has 60 heavy (non-hydrogen) atoms. The molecule has 0 radical (unpaired) electrons. The van der Waals surface area contributed by atoms with Crippen LogP contribution in [0.25, 0.3) is 11.0 Å². The van der Waals surface area contributed by atoms with E-state index in [4.69, 9.17) is 37.6 Å². The quantitative estimate of drug-likeness (QED) is 0.0843. The second kappa shape index (κ2) is 20.1. The molecule has 1 aromatic heterocycles. The topological polar surface area (TPSA) is 115 Å². The Morgan fingerprint density at radius 3 is 1.52 bits per heavy atom. The Hall–Kier alpha value is -6.27. The highest BCUT2D eigenvalue weighted by Crippen LogP contribution is 2.37. The zero-order chi connectivity index (χ0) is 40.9. The van der Waals surface area contributed by atoms with Gasteiger partial charge in [0.2, 0.25) is 12.0 Å². The molecule has 0 bridgehead atoms. The fourth-order valence-electron chi connectivity index (χ4n) is 7.07. The minimum atomic E-state index is -1.05. The van der Waals surface area contributed by atoms with Gasteiger partial charge >= 0.3 is 5.63 Å². The van der Waals surface area contributed by atoms with Gasteiger partial charge in [-0.3, -0.25) is 0 Å². The summed E-state index contributed by atoms with van der Waals surface area (Å²) in [5.41, 5.74) is 4.00. The lowest BCUT2D eigenvalue weighted by Crippen LogP contribution is -2.62. The predicted octanol–water partition coefficient (Wildman–Crippen LogP) is 9.15. The van der Waals surface area contributed by atoms with Crippen LogP contribution in [0, 0.1) is 0 Å². The molecule has 8 rings (SSSR count). The van der Waals surface area contributed by atoms with Crippen molar-refractivity contribution < 1.29 is 42.7 Å². The predicted molar refractivity (Wildman–Crippen MR) is 225 cm³/mol. The van der Waals surface area contributed by atoms with Crippen molar-refractivity contribution in [2.75, 3.05) is 6.61 Å². The summed E-state index contributed by atoms with van der Waals surface area (Å²) < 4.78 is 51.8. The van der Waals surface area contributed by atoms with Crippen LogP contribution in [0.3, 0.4) is 0 Å². The molecule has 6 aromatic carbocycles. The van der Waals surface area contributed by atoms with Gasteiger partial charge in [0.25, 0.3) is 0 Å². The van der Waals surface area contributed by atoms with Crippen LogP contribution in [-0.2, 0) is 56.7 Å². The highest BCUT2D eigenvalue weighted by atomic mass is 16.7. The second-order valence-electron chi connectivity index (χ2n) is 14.4. The molecule has 10 heteroatoms. The summed E-state index contributed by atoms with van der Waals surface area (Å²) in [4.78, 5) is 12.9. The largest absolute Gasteiger partial charge is 0.499 e. The Bertz CT molecular complexity index is 2430. The van der Waals surface area contributed by atoms with E-state index in [2.05, 4.69) is 0 Å². The maximum atomic E-state index is 12.9. The molecule has 306 valence electrons. The first-order valence-corrected chi connectivity index (χ1v) is 19.9. The van der Waals surface area contributed by atoms with Crippen molar-refractivity contribution in [1.29, 1.82) is 0 Å². The van der Waals surface area contributed by atoms with Crippen LogP contribution in [0.4, 0.5) is 0 Å². The number of benzene rings is 6. The van der Waals surface area contributed by atoms with Crippen molar-refractivity contribution in [2.24, 2.45) is 0 Å². The third-order valence-corrected chi connectivity index (χ3v) is 10.1. The lowest BCUT2D eigenvalue weighted by atomic mass is 9.97. The number of fused-ring (bicyclic) bond motifs is 1. The first-order chi connectivity index (χ1) is 29.6. The number of rotatable bonds is 18. The van der Waals surface area contributed by atoms with Crippen LogP contribution in [0.1, 0.15) is 27.8 Å². The number of ether oxygens (including phenoxy) is 7. The van der Waals surface area contributed by atoms with Gasteiger partial charge in [-0.2, -0.15) is 0 Å². The first kappa shape index (κ1) is 40.5. The van der Waals surface area contributed by atoms with Crippen molar-refractivity contribution in [1.82, 2.24) is 0 Å². The molecule has 1 fully saturated rings. The molecule has 0 unspecified atom stereocenters. The van der Waals surface area contributed by atoms with Crippen LogP contribution in [0.5, 0.6) is 17.2 Å². The molecule has 5 atom stereocenters. The summed E-state index contributed by atoms with van der Waals surface area (Å²) in [7, 11) is 0. The van der Waals surface area contributed by atoms with E-state index in [1.54, 1.807) is 18.2 Å². The third kappa shape index (κ3) is 10.5. The maximum absolute atomic E-state index is 12.9. The van der Waals surface area contributed by atoms with Crippen LogP contribution < -0.4 is 15.1 Å². The molecule has 7 aromatic rings. The summed E-state index contributed by atoms with van der Waals surface area (Å²) in [6.07, 6.45) is -3.92. The third-order valence-electron chi connectivity index (χ3n) is 10.1. The van der Waals surface area contributed by atoms with Gasteiger partial charge in [0.1, 0.15) is 42.4 Å². The minimum absolute atomic E-state index is 0.0121. The van der Waals surface area contributed by atoms with Gasteiger partial charge in [-0.05, 0) is 39.9 Å². The first-order valence-electron chi connectivity index (χ1n) is 19.9. The lowest BCUT2D eigenvalue weighted by molar-refractivity contribution is -0.310. The van der Waals surface area contributed by atoms with Crippen LogP contribution >= 0.6 is 0 Å².